The number of unbranched alkanes of at least 4 members (excludes halogenated alkanes) is 1. The van der Waals surface area contributed by atoms with Crippen LogP contribution in [0.5, 0.6) is 0 Å². The van der Waals surface area contributed by atoms with Crippen LogP contribution >= 0.6 is 0 Å². The zero-order valence-corrected chi connectivity index (χ0v) is 8.36. The molecule has 0 heterocycles. The van der Waals surface area contributed by atoms with Gasteiger partial charge in [0.2, 0.25) is 0 Å². The molecule has 1 nitrogen and oxygen atoms in total. The summed E-state index contributed by atoms with van der Waals surface area (Å²) in [5.74, 6) is 2.45. The molecule has 0 aromatic rings. The topological polar surface area (TPSA) is 23.8 Å². The monoisotopic (exact) mass is 320 g/mol. The molecule has 0 aromatic heterocycles. The summed E-state index contributed by atoms with van der Waals surface area (Å²) in [6.45, 7) is 0.462. The fraction of sp³-hybridized carbons (Fsp3) is 0.600. The van der Waals surface area contributed by atoms with E-state index < -0.39 is 0 Å². The predicted octanol–water partition coefficient (Wildman–Crippen LogP) is 1.45. The Morgan fingerprint density at radius 3 is 2.29 bits per heavy atom. The summed E-state index contributed by atoms with van der Waals surface area (Å²) >= 11 is 0. The van der Waals surface area contributed by atoms with Crippen LogP contribution in [0, 0.1) is 43.5 Å². The third kappa shape index (κ3) is 10.8. The van der Waals surface area contributed by atoms with Crippen molar-refractivity contribution in [2.24, 2.45) is 0 Å². The van der Waals surface area contributed by atoms with Gasteiger partial charge in [0.25, 0.3) is 0 Å². The van der Waals surface area contributed by atoms with E-state index in [1.807, 2.05) is 0 Å². The standard InChI is InChI=1S/C5H8N.U/c1-2-3-4-5-6;/h1,6H,3-5H2;/q-1;. The third-order valence-corrected chi connectivity index (χ3v) is 0.498. The van der Waals surface area contributed by atoms with Gasteiger partial charge in [-0.15, -0.1) is 12.3 Å². The molecule has 0 aromatic carbocycles. The maximum Gasteiger partial charge on any atom is 0.00696 e. The molecule has 2 heteroatoms. The molecule has 1 N–H and O–H groups in total. The van der Waals surface area contributed by atoms with Crippen LogP contribution in [0.25, 0.3) is 5.73 Å². The molecule has 0 saturated carbocycles. The van der Waals surface area contributed by atoms with Crippen molar-refractivity contribution in [2.75, 3.05) is 6.54 Å². The minimum Gasteiger partial charge on any atom is -0.677 e. The van der Waals surface area contributed by atoms with E-state index in [1.165, 1.54) is 0 Å². The van der Waals surface area contributed by atoms with Crippen LogP contribution in [-0.2, 0) is 0 Å². The van der Waals surface area contributed by atoms with E-state index in [-0.39, 0.29) is 31.1 Å². The molecule has 0 aliphatic heterocycles. The molecule has 0 unspecified atom stereocenters. The zero-order valence-electron chi connectivity index (χ0n) is 4.20. The van der Waals surface area contributed by atoms with Crippen molar-refractivity contribution < 1.29 is 31.1 Å². The van der Waals surface area contributed by atoms with Gasteiger partial charge in [-0.1, -0.05) is 6.42 Å². The fourth-order valence-electron chi connectivity index (χ4n) is 0.190. The smallest absolute Gasteiger partial charge is 0.00696 e. The fourth-order valence-corrected chi connectivity index (χ4v) is 0.190. The number of terminal acetylenes is 1. The molecule has 0 spiro atoms. The van der Waals surface area contributed by atoms with Crippen LogP contribution in [0.2, 0.25) is 0 Å². The molecular formula is C5H8NU-. The molecule has 0 bridgehead atoms. The van der Waals surface area contributed by atoms with Crippen molar-refractivity contribution in [3.8, 4) is 12.3 Å². The quantitative estimate of drug-likeness (QED) is 0.543. The second-order valence-corrected chi connectivity index (χ2v) is 1.06. The van der Waals surface area contributed by atoms with Crippen molar-refractivity contribution in [3.05, 3.63) is 5.73 Å². The molecular weight excluding hydrogens is 312 g/mol. The molecule has 7 heavy (non-hydrogen) atoms. The number of hydrogen-bond acceptors (Lipinski definition) is 0. The molecule has 0 aliphatic carbocycles. The van der Waals surface area contributed by atoms with Crippen molar-refractivity contribution in [1.29, 1.82) is 0 Å². The summed E-state index contributed by atoms with van der Waals surface area (Å²) in [7, 11) is 0. The first-order valence-corrected chi connectivity index (χ1v) is 2.00. The zero-order chi connectivity index (χ0) is 4.83. The van der Waals surface area contributed by atoms with Gasteiger partial charge in [-0.2, -0.15) is 6.54 Å². The first-order chi connectivity index (χ1) is 2.91. The van der Waals surface area contributed by atoms with Crippen molar-refractivity contribution >= 4 is 0 Å². The van der Waals surface area contributed by atoms with E-state index in [9.17, 15) is 0 Å². The van der Waals surface area contributed by atoms with Gasteiger partial charge < -0.3 is 5.73 Å². The van der Waals surface area contributed by atoms with Gasteiger partial charge in [0, 0.05) is 37.5 Å². The summed E-state index contributed by atoms with van der Waals surface area (Å²) in [5, 5.41) is 0. The maximum atomic E-state index is 6.61. The Balaban J connectivity index is 0. The van der Waals surface area contributed by atoms with Gasteiger partial charge >= 0.3 is 0 Å². The van der Waals surface area contributed by atoms with E-state index >= 15 is 0 Å². The van der Waals surface area contributed by atoms with E-state index in [4.69, 9.17) is 12.2 Å². The summed E-state index contributed by atoms with van der Waals surface area (Å²) in [4.78, 5) is 0. The van der Waals surface area contributed by atoms with Crippen molar-refractivity contribution in [3.63, 3.8) is 0 Å². The second kappa shape index (κ2) is 9.76. The average Bonchev–Trinajstić information content (AvgIpc) is 1.61. The second-order valence-electron chi connectivity index (χ2n) is 1.06. The maximum absolute atomic E-state index is 6.61. The van der Waals surface area contributed by atoms with Gasteiger partial charge in [-0.05, 0) is 0 Å². The summed E-state index contributed by atoms with van der Waals surface area (Å²) in [5.41, 5.74) is 6.61. The van der Waals surface area contributed by atoms with Crippen LogP contribution < -0.4 is 0 Å². The van der Waals surface area contributed by atoms with Gasteiger partial charge in [-0.3, -0.25) is 0 Å². The largest absolute Gasteiger partial charge is 0.677 e. The molecule has 0 amide bonds. The Morgan fingerprint density at radius 2 is 2.14 bits per heavy atom. The van der Waals surface area contributed by atoms with Gasteiger partial charge in [0.1, 0.15) is 0 Å². The molecule has 0 rings (SSSR count). The van der Waals surface area contributed by atoms with E-state index in [0.29, 0.717) is 6.54 Å². The SMILES string of the molecule is C#CCCC[NH-].[U]. The van der Waals surface area contributed by atoms with E-state index in [0.717, 1.165) is 12.8 Å². The molecule has 0 aliphatic rings. The van der Waals surface area contributed by atoms with Crippen molar-refractivity contribution in [1.82, 2.24) is 0 Å². The Hall–Kier alpha value is 0.572. The van der Waals surface area contributed by atoms with Crippen LogP contribution in [0.15, 0.2) is 0 Å². The van der Waals surface area contributed by atoms with E-state index in [2.05, 4.69) is 5.92 Å². The van der Waals surface area contributed by atoms with Crippen LogP contribution in [-0.4, -0.2) is 6.54 Å². The Bertz CT molecular complexity index is 55.6. The van der Waals surface area contributed by atoms with E-state index in [1.54, 1.807) is 0 Å². The summed E-state index contributed by atoms with van der Waals surface area (Å²) < 4.78 is 0. The Labute approximate surface area is 68.4 Å². The molecule has 38 valence electrons. The van der Waals surface area contributed by atoms with Gasteiger partial charge in [-0.25, -0.2) is 0 Å². The van der Waals surface area contributed by atoms with Crippen LogP contribution in [0.1, 0.15) is 12.8 Å². The molecule has 0 saturated heterocycles. The Kier molecular flexibility index (Phi) is 14.7. The number of hydrogen-bond donors (Lipinski definition) is 0. The molecule has 0 fully saturated rings. The normalized spacial score (nSPS) is 6.29. The average molecular weight is 320 g/mol. The third-order valence-electron chi connectivity index (χ3n) is 0.498. The van der Waals surface area contributed by atoms with Gasteiger partial charge in [0.15, 0.2) is 0 Å². The minimum absolute atomic E-state index is 0. The Morgan fingerprint density at radius 1 is 1.57 bits per heavy atom. The molecule has 0 atom stereocenters. The molecule has 0 radical (unpaired) electrons. The summed E-state index contributed by atoms with van der Waals surface area (Å²) in [6, 6.07) is 0. The van der Waals surface area contributed by atoms with Crippen molar-refractivity contribution in [2.45, 2.75) is 12.8 Å². The number of nitrogens with one attached hydrogen (secondary N) is 1. The van der Waals surface area contributed by atoms with Gasteiger partial charge in [0.05, 0.1) is 0 Å². The summed E-state index contributed by atoms with van der Waals surface area (Å²) in [6.07, 6.45) is 6.48. The predicted molar refractivity (Wildman–Crippen MR) is 27.3 cm³/mol. The van der Waals surface area contributed by atoms with Crippen LogP contribution in [0.4, 0.5) is 0 Å². The van der Waals surface area contributed by atoms with Crippen LogP contribution in [0.3, 0.4) is 0 Å². The first kappa shape index (κ1) is 10.5. The minimum atomic E-state index is 0. The first-order valence-electron chi connectivity index (χ1n) is 2.00. The number of rotatable bonds is 2.